The Morgan fingerprint density at radius 1 is 1.26 bits per heavy atom. The second-order valence-corrected chi connectivity index (χ2v) is 7.51. The summed E-state index contributed by atoms with van der Waals surface area (Å²) in [5.41, 5.74) is 1.76. The van der Waals surface area contributed by atoms with Crippen molar-refractivity contribution < 1.29 is 13.5 Å². The zero-order valence-electron chi connectivity index (χ0n) is 13.9. The van der Waals surface area contributed by atoms with Crippen LogP contribution < -0.4 is 0 Å². The number of aliphatic hydroxyl groups excluding tert-OH is 1. The summed E-state index contributed by atoms with van der Waals surface area (Å²) in [7, 11) is -2.02. The Morgan fingerprint density at radius 2 is 1.87 bits per heavy atom. The largest absolute Gasteiger partial charge is 0.386 e. The number of sulfonamides is 1. The van der Waals surface area contributed by atoms with E-state index < -0.39 is 16.1 Å². The van der Waals surface area contributed by atoms with Crippen LogP contribution in [0.25, 0.3) is 0 Å². The second kappa shape index (κ2) is 6.82. The van der Waals surface area contributed by atoms with Gasteiger partial charge in [-0.3, -0.25) is 4.68 Å². The van der Waals surface area contributed by atoms with E-state index in [4.69, 9.17) is 0 Å². The van der Waals surface area contributed by atoms with Gasteiger partial charge in [0.1, 0.15) is 4.90 Å². The van der Waals surface area contributed by atoms with Crippen LogP contribution in [-0.4, -0.2) is 41.2 Å². The van der Waals surface area contributed by atoms with Crippen molar-refractivity contribution in [1.29, 1.82) is 0 Å². The summed E-state index contributed by atoms with van der Waals surface area (Å²) in [6.45, 7) is 5.77. The molecule has 0 bridgehead atoms. The summed E-state index contributed by atoms with van der Waals surface area (Å²) in [4.78, 5) is 0.224. The van der Waals surface area contributed by atoms with Gasteiger partial charge >= 0.3 is 0 Å². The first-order chi connectivity index (χ1) is 10.8. The predicted octanol–water partition coefficient (Wildman–Crippen LogP) is 1.87. The molecule has 7 heteroatoms. The van der Waals surface area contributed by atoms with Gasteiger partial charge in [0.25, 0.3) is 0 Å². The highest BCUT2D eigenvalue weighted by molar-refractivity contribution is 7.89. The minimum absolute atomic E-state index is 0.210. The maximum absolute atomic E-state index is 12.6. The van der Waals surface area contributed by atoms with E-state index in [0.717, 1.165) is 5.56 Å². The van der Waals surface area contributed by atoms with Gasteiger partial charge in [-0.15, -0.1) is 0 Å². The Morgan fingerprint density at radius 3 is 2.43 bits per heavy atom. The molecule has 6 nitrogen and oxygen atoms in total. The molecule has 0 fully saturated rings. The maximum atomic E-state index is 12.6. The summed E-state index contributed by atoms with van der Waals surface area (Å²) in [5.74, 6) is 0. The topological polar surface area (TPSA) is 75.4 Å². The highest BCUT2D eigenvalue weighted by atomic mass is 32.2. The molecule has 1 heterocycles. The molecule has 0 unspecified atom stereocenters. The van der Waals surface area contributed by atoms with Gasteiger partial charge in [0.05, 0.1) is 24.0 Å². The molecule has 0 aliphatic rings. The van der Waals surface area contributed by atoms with E-state index in [1.165, 1.54) is 4.31 Å². The summed E-state index contributed by atoms with van der Waals surface area (Å²) < 4.78 is 28.0. The number of hydrogen-bond donors (Lipinski definition) is 1. The van der Waals surface area contributed by atoms with E-state index in [2.05, 4.69) is 5.10 Å². The van der Waals surface area contributed by atoms with E-state index in [9.17, 15) is 13.5 Å². The third kappa shape index (κ3) is 3.46. The zero-order chi connectivity index (χ0) is 17.2. The van der Waals surface area contributed by atoms with Gasteiger partial charge in [-0.1, -0.05) is 37.3 Å². The minimum Gasteiger partial charge on any atom is -0.386 e. The summed E-state index contributed by atoms with van der Waals surface area (Å²) in [6, 6.07) is 9.25. The average Bonchev–Trinajstić information content (AvgIpc) is 2.81. The van der Waals surface area contributed by atoms with Crippen LogP contribution in [0.4, 0.5) is 0 Å². The molecule has 1 atom stereocenters. The molecule has 0 radical (unpaired) electrons. The fraction of sp³-hybridized carbons (Fsp3) is 0.438. The normalized spacial score (nSPS) is 13.5. The lowest BCUT2D eigenvalue weighted by atomic mass is 10.1. The van der Waals surface area contributed by atoms with Crippen LogP contribution in [0.1, 0.15) is 30.0 Å². The van der Waals surface area contributed by atoms with E-state index in [0.29, 0.717) is 17.9 Å². The van der Waals surface area contributed by atoms with Crippen molar-refractivity contribution in [3.63, 3.8) is 0 Å². The molecule has 0 aliphatic carbocycles. The van der Waals surface area contributed by atoms with Gasteiger partial charge in [0, 0.05) is 13.6 Å². The van der Waals surface area contributed by atoms with Crippen molar-refractivity contribution in [2.75, 3.05) is 13.6 Å². The highest BCUT2D eigenvalue weighted by Crippen LogP contribution is 2.24. The fourth-order valence-corrected chi connectivity index (χ4v) is 4.05. The Hall–Kier alpha value is -1.70. The van der Waals surface area contributed by atoms with Crippen LogP contribution in [0.2, 0.25) is 0 Å². The van der Waals surface area contributed by atoms with Crippen LogP contribution in [0.5, 0.6) is 0 Å². The Bertz CT molecular complexity index is 769. The first-order valence-electron chi connectivity index (χ1n) is 7.52. The second-order valence-electron chi connectivity index (χ2n) is 5.53. The van der Waals surface area contributed by atoms with Crippen molar-refractivity contribution in [1.82, 2.24) is 14.1 Å². The van der Waals surface area contributed by atoms with Crippen molar-refractivity contribution in [2.45, 2.75) is 38.3 Å². The number of aryl methyl sites for hydroxylation is 1. The molecule has 2 aromatic rings. The standard InChI is InChI=1S/C16H23N3O3S/c1-5-18(4)23(21,22)16-12(2)17-19(13(16)3)11-15(20)14-9-7-6-8-10-14/h6-10,15,20H,5,11H2,1-4H3/t15-/m1/s1. The summed E-state index contributed by atoms with van der Waals surface area (Å²) >= 11 is 0. The van der Waals surface area contributed by atoms with Gasteiger partial charge in [-0.25, -0.2) is 12.7 Å². The number of aromatic nitrogens is 2. The lowest BCUT2D eigenvalue weighted by molar-refractivity contribution is 0.150. The molecule has 2 rings (SSSR count). The third-order valence-corrected chi connectivity index (χ3v) is 6.14. The van der Waals surface area contributed by atoms with Crippen molar-refractivity contribution >= 4 is 10.0 Å². The monoisotopic (exact) mass is 337 g/mol. The van der Waals surface area contributed by atoms with E-state index in [1.54, 1.807) is 32.5 Å². The molecule has 126 valence electrons. The van der Waals surface area contributed by atoms with E-state index in [-0.39, 0.29) is 11.4 Å². The third-order valence-electron chi connectivity index (χ3n) is 3.96. The lowest BCUT2D eigenvalue weighted by Gasteiger charge is -2.16. The van der Waals surface area contributed by atoms with E-state index >= 15 is 0 Å². The van der Waals surface area contributed by atoms with Gasteiger partial charge in [-0.05, 0) is 19.4 Å². The van der Waals surface area contributed by atoms with Crippen LogP contribution in [0.3, 0.4) is 0 Å². The molecule has 1 aromatic heterocycles. The first kappa shape index (κ1) is 17.7. The van der Waals surface area contributed by atoms with Gasteiger partial charge in [0.2, 0.25) is 10.0 Å². The predicted molar refractivity (Wildman–Crippen MR) is 88.6 cm³/mol. The average molecular weight is 337 g/mol. The van der Waals surface area contributed by atoms with Crippen molar-refractivity contribution in [3.8, 4) is 0 Å². The Kier molecular flexibility index (Phi) is 5.23. The molecule has 1 aromatic carbocycles. The molecular weight excluding hydrogens is 314 g/mol. The van der Waals surface area contributed by atoms with Gasteiger partial charge in [0.15, 0.2) is 0 Å². The molecular formula is C16H23N3O3S. The summed E-state index contributed by atoms with van der Waals surface area (Å²) in [5, 5.41) is 14.6. The van der Waals surface area contributed by atoms with Gasteiger partial charge < -0.3 is 5.11 Å². The number of rotatable bonds is 6. The SMILES string of the molecule is CCN(C)S(=O)(=O)c1c(C)nn(C[C@@H](O)c2ccccc2)c1C. The molecule has 23 heavy (non-hydrogen) atoms. The number of hydrogen-bond acceptors (Lipinski definition) is 4. The lowest BCUT2D eigenvalue weighted by Crippen LogP contribution is -2.27. The zero-order valence-corrected chi connectivity index (χ0v) is 14.7. The van der Waals surface area contributed by atoms with Crippen molar-refractivity contribution in [3.05, 3.63) is 47.3 Å². The van der Waals surface area contributed by atoms with E-state index in [1.807, 2.05) is 30.3 Å². The Labute approximate surface area is 137 Å². The molecule has 0 amide bonds. The number of benzene rings is 1. The molecule has 0 saturated carbocycles. The molecule has 0 aliphatic heterocycles. The fourth-order valence-electron chi connectivity index (χ4n) is 2.50. The van der Waals surface area contributed by atoms with Crippen LogP contribution in [-0.2, 0) is 16.6 Å². The number of nitrogens with zero attached hydrogens (tertiary/aromatic N) is 3. The minimum atomic E-state index is -3.56. The molecule has 1 N–H and O–H groups in total. The van der Waals surface area contributed by atoms with Crippen LogP contribution in [0.15, 0.2) is 35.2 Å². The smallest absolute Gasteiger partial charge is 0.246 e. The summed E-state index contributed by atoms with van der Waals surface area (Å²) in [6.07, 6.45) is -0.742. The van der Waals surface area contributed by atoms with Crippen LogP contribution >= 0.6 is 0 Å². The van der Waals surface area contributed by atoms with Gasteiger partial charge in [-0.2, -0.15) is 5.10 Å². The first-order valence-corrected chi connectivity index (χ1v) is 8.96. The highest BCUT2D eigenvalue weighted by Gasteiger charge is 2.28. The quantitative estimate of drug-likeness (QED) is 0.873. The number of aliphatic hydroxyl groups is 1. The Balaban J connectivity index is 2.35. The molecule has 0 spiro atoms. The van der Waals surface area contributed by atoms with Crippen LogP contribution in [0, 0.1) is 13.8 Å². The van der Waals surface area contributed by atoms with Crippen molar-refractivity contribution in [2.24, 2.45) is 0 Å². The molecule has 0 saturated heterocycles. The maximum Gasteiger partial charge on any atom is 0.246 e.